The van der Waals surface area contributed by atoms with Gasteiger partial charge in [0.15, 0.2) is 0 Å². The monoisotopic (exact) mass is 385 g/mol. The van der Waals surface area contributed by atoms with Gasteiger partial charge in [-0.25, -0.2) is 9.67 Å². The maximum atomic E-state index is 12.9. The summed E-state index contributed by atoms with van der Waals surface area (Å²) in [5.74, 6) is 1.75. The van der Waals surface area contributed by atoms with E-state index in [0.717, 1.165) is 17.1 Å². The molecule has 28 heavy (non-hydrogen) atoms. The summed E-state index contributed by atoms with van der Waals surface area (Å²) in [6.45, 7) is 7.21. The first-order valence-electron chi connectivity index (χ1n) is 9.53. The summed E-state index contributed by atoms with van der Waals surface area (Å²) in [5, 5.41) is 7.27. The van der Waals surface area contributed by atoms with E-state index in [-0.39, 0.29) is 24.3 Å². The number of aryl methyl sites for hydroxylation is 2. The second kappa shape index (κ2) is 8.41. The van der Waals surface area contributed by atoms with Gasteiger partial charge in [-0.15, -0.1) is 0 Å². The lowest BCUT2D eigenvalue weighted by molar-refractivity contribution is -0.129. The number of hydrogen-bond donors (Lipinski definition) is 1. The largest absolute Gasteiger partial charge is 0.497 e. The fourth-order valence-electron chi connectivity index (χ4n) is 3.80. The number of nitrogens with zero attached hydrogens (tertiary/aromatic N) is 4. The molecule has 1 saturated heterocycles. The Labute approximate surface area is 164 Å². The second-order valence-electron chi connectivity index (χ2n) is 6.93. The van der Waals surface area contributed by atoms with Gasteiger partial charge in [-0.1, -0.05) is 12.1 Å². The van der Waals surface area contributed by atoms with Gasteiger partial charge in [0.25, 0.3) is 0 Å². The lowest BCUT2D eigenvalue weighted by Gasteiger charge is -2.27. The zero-order valence-electron chi connectivity index (χ0n) is 16.8. The lowest BCUT2D eigenvalue weighted by atomic mass is 9.92. The molecular formula is C20H27N5O3. The Hall–Kier alpha value is -2.90. The average molecular weight is 385 g/mol. The summed E-state index contributed by atoms with van der Waals surface area (Å²) in [6.07, 6.45) is 0.220. The van der Waals surface area contributed by atoms with E-state index in [1.165, 1.54) is 0 Å². The van der Waals surface area contributed by atoms with Crippen LogP contribution in [0.3, 0.4) is 0 Å². The maximum absolute atomic E-state index is 12.9. The van der Waals surface area contributed by atoms with Crippen LogP contribution in [0.2, 0.25) is 0 Å². The molecule has 0 spiro atoms. The number of hydrogen-bond acceptors (Lipinski definition) is 5. The van der Waals surface area contributed by atoms with Crippen molar-refractivity contribution in [1.29, 1.82) is 0 Å². The number of amides is 2. The number of nitrogens with one attached hydrogen (secondary N) is 1. The van der Waals surface area contributed by atoms with Crippen molar-refractivity contribution in [2.24, 2.45) is 5.92 Å². The molecule has 0 unspecified atom stereocenters. The van der Waals surface area contributed by atoms with Gasteiger partial charge < -0.3 is 15.0 Å². The van der Waals surface area contributed by atoms with Gasteiger partial charge in [-0.3, -0.25) is 9.59 Å². The summed E-state index contributed by atoms with van der Waals surface area (Å²) in [5.41, 5.74) is 0.941. The molecule has 0 saturated carbocycles. The first-order valence-corrected chi connectivity index (χ1v) is 9.53. The van der Waals surface area contributed by atoms with Crippen molar-refractivity contribution in [2.45, 2.75) is 39.8 Å². The van der Waals surface area contributed by atoms with Crippen LogP contribution in [0.15, 0.2) is 24.3 Å². The minimum Gasteiger partial charge on any atom is -0.497 e. The van der Waals surface area contributed by atoms with E-state index in [0.29, 0.717) is 25.5 Å². The molecule has 2 aromatic rings. The van der Waals surface area contributed by atoms with Crippen LogP contribution >= 0.6 is 0 Å². The molecule has 2 atom stereocenters. The predicted molar refractivity (Wildman–Crippen MR) is 104 cm³/mol. The number of likely N-dealkylation sites (tertiary alicyclic amines) is 1. The maximum Gasteiger partial charge on any atom is 0.226 e. The van der Waals surface area contributed by atoms with E-state index >= 15 is 0 Å². The number of carbonyl (C=O) groups excluding carboxylic acids is 2. The van der Waals surface area contributed by atoms with Crippen LogP contribution < -0.4 is 10.1 Å². The number of benzene rings is 1. The predicted octanol–water partition coefficient (Wildman–Crippen LogP) is 1.63. The molecular weight excluding hydrogens is 358 g/mol. The zero-order valence-corrected chi connectivity index (χ0v) is 16.8. The first-order chi connectivity index (χ1) is 13.4. The van der Waals surface area contributed by atoms with E-state index in [1.807, 2.05) is 45.0 Å². The normalized spacial score (nSPS) is 19.1. The molecule has 1 aromatic heterocycles. The van der Waals surface area contributed by atoms with Crippen LogP contribution in [-0.2, 0) is 16.1 Å². The molecule has 150 valence electrons. The number of methoxy groups -OCH3 is 1. The highest BCUT2D eigenvalue weighted by molar-refractivity contribution is 5.90. The van der Waals surface area contributed by atoms with E-state index in [4.69, 9.17) is 4.74 Å². The SMILES string of the molecule is CCN1C(=O)C[C@@H](C(=O)NCCn2nc(C)nc2C)[C@@H]1c1ccc(OC)cc1. The van der Waals surface area contributed by atoms with Gasteiger partial charge in [-0.05, 0) is 38.5 Å². The highest BCUT2D eigenvalue weighted by atomic mass is 16.5. The van der Waals surface area contributed by atoms with Crippen molar-refractivity contribution in [2.75, 3.05) is 20.2 Å². The van der Waals surface area contributed by atoms with Gasteiger partial charge >= 0.3 is 0 Å². The zero-order chi connectivity index (χ0) is 20.3. The third-order valence-electron chi connectivity index (χ3n) is 5.15. The summed E-state index contributed by atoms with van der Waals surface area (Å²) in [6, 6.07) is 7.30. The fraction of sp³-hybridized carbons (Fsp3) is 0.500. The Kier molecular flexibility index (Phi) is 5.96. The van der Waals surface area contributed by atoms with Crippen molar-refractivity contribution in [3.8, 4) is 5.75 Å². The average Bonchev–Trinajstić information content (AvgIpc) is 3.19. The van der Waals surface area contributed by atoms with E-state index < -0.39 is 5.92 Å². The lowest BCUT2D eigenvalue weighted by Crippen LogP contribution is -2.37. The van der Waals surface area contributed by atoms with Crippen LogP contribution in [0.5, 0.6) is 5.75 Å². The molecule has 1 aromatic carbocycles. The van der Waals surface area contributed by atoms with Gasteiger partial charge in [0, 0.05) is 19.5 Å². The van der Waals surface area contributed by atoms with Gasteiger partial charge in [-0.2, -0.15) is 5.10 Å². The van der Waals surface area contributed by atoms with Crippen molar-refractivity contribution >= 4 is 11.8 Å². The summed E-state index contributed by atoms with van der Waals surface area (Å²) in [4.78, 5) is 31.4. The smallest absolute Gasteiger partial charge is 0.226 e. The standard InChI is InChI=1S/C20H27N5O3/c1-5-24-18(26)12-17(19(24)15-6-8-16(28-4)9-7-15)20(27)21-10-11-25-14(3)22-13(2)23-25/h6-9,17,19H,5,10-12H2,1-4H3,(H,21,27)/t17-,19+/m1/s1. The molecule has 0 bridgehead atoms. The van der Waals surface area contributed by atoms with Crippen molar-refractivity contribution in [3.63, 3.8) is 0 Å². The molecule has 3 rings (SSSR count). The molecule has 1 aliphatic heterocycles. The van der Waals surface area contributed by atoms with Crippen molar-refractivity contribution < 1.29 is 14.3 Å². The Morgan fingerprint density at radius 1 is 1.29 bits per heavy atom. The fourth-order valence-corrected chi connectivity index (χ4v) is 3.80. The van der Waals surface area contributed by atoms with Gasteiger partial charge in [0.2, 0.25) is 11.8 Å². The quantitative estimate of drug-likeness (QED) is 0.782. The molecule has 1 aliphatic rings. The van der Waals surface area contributed by atoms with E-state index in [1.54, 1.807) is 16.7 Å². The minimum atomic E-state index is -0.417. The summed E-state index contributed by atoms with van der Waals surface area (Å²) < 4.78 is 6.99. The number of ether oxygens (including phenoxy) is 1. The molecule has 2 amide bonds. The van der Waals surface area contributed by atoms with Crippen molar-refractivity contribution in [1.82, 2.24) is 25.0 Å². The second-order valence-corrected chi connectivity index (χ2v) is 6.93. The molecule has 0 aliphatic carbocycles. The molecule has 8 nitrogen and oxygen atoms in total. The topological polar surface area (TPSA) is 89.4 Å². The highest BCUT2D eigenvalue weighted by Gasteiger charge is 2.43. The van der Waals surface area contributed by atoms with Crippen molar-refractivity contribution in [3.05, 3.63) is 41.5 Å². The number of aromatic nitrogens is 3. The van der Waals surface area contributed by atoms with Crippen LogP contribution in [0.4, 0.5) is 0 Å². The van der Waals surface area contributed by atoms with Crippen LogP contribution in [0, 0.1) is 19.8 Å². The summed E-state index contributed by atoms with van der Waals surface area (Å²) >= 11 is 0. The molecule has 1 fully saturated rings. The highest BCUT2D eigenvalue weighted by Crippen LogP contribution is 2.38. The van der Waals surface area contributed by atoms with Crippen LogP contribution in [0.25, 0.3) is 0 Å². The third-order valence-corrected chi connectivity index (χ3v) is 5.15. The molecule has 8 heteroatoms. The van der Waals surface area contributed by atoms with Gasteiger partial charge in [0.1, 0.15) is 17.4 Å². The summed E-state index contributed by atoms with van der Waals surface area (Å²) in [7, 11) is 1.61. The number of rotatable bonds is 7. The van der Waals surface area contributed by atoms with Gasteiger partial charge in [0.05, 0.1) is 25.6 Å². The Morgan fingerprint density at radius 3 is 2.57 bits per heavy atom. The molecule has 0 radical (unpaired) electrons. The Bertz CT molecular complexity index is 846. The Balaban J connectivity index is 1.71. The molecule has 1 N–H and O–H groups in total. The number of carbonyl (C=O) groups is 2. The van der Waals surface area contributed by atoms with E-state index in [9.17, 15) is 9.59 Å². The Morgan fingerprint density at radius 2 is 2.00 bits per heavy atom. The minimum absolute atomic E-state index is 0.00575. The third kappa shape index (κ3) is 4.00. The molecule has 2 heterocycles. The van der Waals surface area contributed by atoms with Crippen LogP contribution in [-0.4, -0.2) is 51.7 Å². The van der Waals surface area contributed by atoms with E-state index in [2.05, 4.69) is 15.4 Å². The van der Waals surface area contributed by atoms with Crippen LogP contribution in [0.1, 0.15) is 36.6 Å². The first kappa shape index (κ1) is 19.9.